The van der Waals surface area contributed by atoms with Gasteiger partial charge in [-0.3, -0.25) is 0 Å². The number of hydrogen-bond acceptors (Lipinski definition) is 3. The van der Waals surface area contributed by atoms with Crippen molar-refractivity contribution in [2.45, 2.75) is 13.0 Å². The molecule has 0 spiro atoms. The molecule has 1 aliphatic heterocycles. The van der Waals surface area contributed by atoms with Crippen molar-refractivity contribution in [1.29, 1.82) is 0 Å². The first-order valence-electron chi connectivity index (χ1n) is 3.23. The minimum absolute atomic E-state index is 0.591. The molecule has 0 aromatic carbocycles. The van der Waals surface area contributed by atoms with Crippen molar-refractivity contribution < 1.29 is 4.74 Å². The van der Waals surface area contributed by atoms with Crippen molar-refractivity contribution in [3.05, 3.63) is 0 Å². The van der Waals surface area contributed by atoms with E-state index < -0.39 is 0 Å². The van der Waals surface area contributed by atoms with Gasteiger partial charge in [0.2, 0.25) is 0 Å². The monoisotopic (exact) mass is 147 g/mol. The molecule has 9 heavy (non-hydrogen) atoms. The van der Waals surface area contributed by atoms with Crippen LogP contribution in [0.15, 0.2) is 0 Å². The molecular formula is C6H13NOS. The Balaban J connectivity index is 2.30. The summed E-state index contributed by atoms with van der Waals surface area (Å²) < 4.78 is 7.61. The zero-order valence-electron chi connectivity index (χ0n) is 5.96. The lowest BCUT2D eigenvalue weighted by molar-refractivity contribution is 0.0442. The van der Waals surface area contributed by atoms with Crippen LogP contribution in [0.5, 0.6) is 0 Å². The first-order valence-corrected chi connectivity index (χ1v) is 4.41. The maximum Gasteiger partial charge on any atom is 0.0629 e. The molecule has 0 aliphatic carbocycles. The van der Waals surface area contributed by atoms with Crippen LogP contribution in [-0.2, 0) is 4.74 Å². The Bertz CT molecular complexity index is 89.1. The number of ether oxygens (including phenoxy) is 1. The van der Waals surface area contributed by atoms with E-state index in [1.165, 1.54) is 0 Å². The molecule has 0 unspecified atom stereocenters. The van der Waals surface area contributed by atoms with E-state index in [9.17, 15) is 0 Å². The molecule has 0 aromatic rings. The Kier molecular flexibility index (Phi) is 2.82. The average molecular weight is 147 g/mol. The van der Waals surface area contributed by atoms with Crippen LogP contribution < -0.4 is 0 Å². The normalized spacial score (nSPS) is 30.7. The molecule has 54 valence electrons. The molecule has 1 heterocycles. The van der Waals surface area contributed by atoms with Crippen molar-refractivity contribution in [2.75, 3.05) is 26.0 Å². The summed E-state index contributed by atoms with van der Waals surface area (Å²) in [6, 6.07) is 0.591. The Morgan fingerprint density at radius 3 is 2.89 bits per heavy atom. The van der Waals surface area contributed by atoms with Crippen molar-refractivity contribution >= 4 is 11.9 Å². The van der Waals surface area contributed by atoms with Gasteiger partial charge in [-0.25, -0.2) is 4.31 Å². The molecule has 1 fully saturated rings. The minimum Gasteiger partial charge on any atom is -0.378 e. The molecule has 0 N–H and O–H groups in total. The Labute approximate surface area is 60.7 Å². The average Bonchev–Trinajstić information content (AvgIpc) is 1.89. The second-order valence-corrected chi connectivity index (χ2v) is 3.08. The van der Waals surface area contributed by atoms with Crippen LogP contribution in [0.2, 0.25) is 0 Å². The SMILES string of the molecule is CSN1CCOC[C@H]1C. The molecule has 1 saturated heterocycles. The van der Waals surface area contributed by atoms with Gasteiger partial charge in [-0.05, 0) is 13.2 Å². The van der Waals surface area contributed by atoms with Crippen LogP contribution in [0.1, 0.15) is 6.92 Å². The third-order valence-corrected chi connectivity index (χ3v) is 2.55. The van der Waals surface area contributed by atoms with Crippen LogP contribution in [0, 0.1) is 0 Å². The van der Waals surface area contributed by atoms with Gasteiger partial charge in [0, 0.05) is 12.6 Å². The van der Waals surface area contributed by atoms with Gasteiger partial charge in [-0.1, -0.05) is 11.9 Å². The highest BCUT2D eigenvalue weighted by Crippen LogP contribution is 2.13. The molecule has 0 saturated carbocycles. The van der Waals surface area contributed by atoms with Gasteiger partial charge in [0.15, 0.2) is 0 Å². The topological polar surface area (TPSA) is 12.5 Å². The largest absolute Gasteiger partial charge is 0.378 e. The van der Waals surface area contributed by atoms with E-state index in [0.29, 0.717) is 6.04 Å². The van der Waals surface area contributed by atoms with E-state index in [2.05, 4.69) is 17.5 Å². The Morgan fingerprint density at radius 2 is 2.44 bits per heavy atom. The van der Waals surface area contributed by atoms with Crippen molar-refractivity contribution in [3.63, 3.8) is 0 Å². The molecule has 0 bridgehead atoms. The minimum atomic E-state index is 0.591. The summed E-state index contributed by atoms with van der Waals surface area (Å²) in [4.78, 5) is 0. The first-order chi connectivity index (χ1) is 4.34. The predicted octanol–water partition coefficient (Wildman–Crippen LogP) is 0.985. The first kappa shape index (κ1) is 7.38. The van der Waals surface area contributed by atoms with Crippen LogP contribution in [0.25, 0.3) is 0 Å². The second kappa shape index (κ2) is 3.44. The molecule has 0 radical (unpaired) electrons. The van der Waals surface area contributed by atoms with Gasteiger partial charge in [-0.15, -0.1) is 0 Å². The van der Waals surface area contributed by atoms with Crippen molar-refractivity contribution in [1.82, 2.24) is 4.31 Å². The summed E-state index contributed by atoms with van der Waals surface area (Å²) in [5, 5.41) is 0. The molecule has 0 amide bonds. The van der Waals surface area contributed by atoms with Crippen molar-refractivity contribution in [2.24, 2.45) is 0 Å². The van der Waals surface area contributed by atoms with Gasteiger partial charge in [0.05, 0.1) is 13.2 Å². The van der Waals surface area contributed by atoms with Gasteiger partial charge in [-0.2, -0.15) is 0 Å². The van der Waals surface area contributed by atoms with E-state index in [-0.39, 0.29) is 0 Å². The quantitative estimate of drug-likeness (QED) is 0.513. The Morgan fingerprint density at radius 1 is 1.67 bits per heavy atom. The molecule has 1 rings (SSSR count). The van der Waals surface area contributed by atoms with Crippen molar-refractivity contribution in [3.8, 4) is 0 Å². The van der Waals surface area contributed by atoms with E-state index in [0.717, 1.165) is 19.8 Å². The fourth-order valence-corrected chi connectivity index (χ4v) is 1.66. The maximum absolute atomic E-state index is 5.26. The summed E-state index contributed by atoms with van der Waals surface area (Å²) in [6.45, 7) is 5.05. The molecule has 2 nitrogen and oxygen atoms in total. The Hall–Kier alpha value is 0.270. The third kappa shape index (κ3) is 1.85. The summed E-state index contributed by atoms with van der Waals surface area (Å²) >= 11 is 1.81. The highest BCUT2D eigenvalue weighted by Gasteiger charge is 2.16. The highest BCUT2D eigenvalue weighted by atomic mass is 32.2. The lowest BCUT2D eigenvalue weighted by Crippen LogP contribution is -2.38. The zero-order valence-corrected chi connectivity index (χ0v) is 6.78. The fraction of sp³-hybridized carbons (Fsp3) is 1.00. The summed E-state index contributed by atoms with van der Waals surface area (Å²) in [5.41, 5.74) is 0. The van der Waals surface area contributed by atoms with E-state index in [1.807, 2.05) is 11.9 Å². The highest BCUT2D eigenvalue weighted by molar-refractivity contribution is 7.96. The standard InChI is InChI=1S/C6H13NOS/c1-6-5-8-4-3-7(6)9-2/h6H,3-5H2,1-2H3/t6-/m1/s1. The third-order valence-electron chi connectivity index (χ3n) is 1.54. The summed E-state index contributed by atoms with van der Waals surface area (Å²) in [5.74, 6) is 0. The number of nitrogens with zero attached hydrogens (tertiary/aromatic N) is 1. The summed E-state index contributed by atoms with van der Waals surface area (Å²) in [6.07, 6.45) is 2.11. The number of hydrogen-bond donors (Lipinski definition) is 0. The molecule has 1 atom stereocenters. The number of rotatable bonds is 1. The van der Waals surface area contributed by atoms with Gasteiger partial charge >= 0.3 is 0 Å². The van der Waals surface area contributed by atoms with E-state index in [1.54, 1.807) is 0 Å². The van der Waals surface area contributed by atoms with E-state index in [4.69, 9.17) is 4.74 Å². The lowest BCUT2D eigenvalue weighted by Gasteiger charge is -2.30. The van der Waals surface area contributed by atoms with Gasteiger partial charge in [0.25, 0.3) is 0 Å². The zero-order chi connectivity index (χ0) is 6.69. The lowest BCUT2D eigenvalue weighted by atomic mass is 10.3. The van der Waals surface area contributed by atoms with E-state index >= 15 is 0 Å². The van der Waals surface area contributed by atoms with Crippen LogP contribution in [0.4, 0.5) is 0 Å². The smallest absolute Gasteiger partial charge is 0.0629 e. The van der Waals surface area contributed by atoms with Gasteiger partial charge < -0.3 is 4.74 Å². The van der Waals surface area contributed by atoms with Crippen LogP contribution >= 0.6 is 11.9 Å². The molecule has 3 heteroatoms. The second-order valence-electron chi connectivity index (χ2n) is 2.25. The molecule has 1 aliphatic rings. The van der Waals surface area contributed by atoms with Gasteiger partial charge in [0.1, 0.15) is 0 Å². The predicted molar refractivity (Wildman–Crippen MR) is 40.5 cm³/mol. The molecule has 0 aromatic heterocycles. The van der Waals surface area contributed by atoms with Crippen LogP contribution in [-0.4, -0.2) is 36.4 Å². The summed E-state index contributed by atoms with van der Waals surface area (Å²) in [7, 11) is 0. The molecular weight excluding hydrogens is 134 g/mol. The fourth-order valence-electron chi connectivity index (χ4n) is 0.983. The number of morpholine rings is 1. The maximum atomic E-state index is 5.26. The van der Waals surface area contributed by atoms with Crippen LogP contribution in [0.3, 0.4) is 0 Å².